The number of carbonyl (C=O) groups excluding carboxylic acids is 2. The first kappa shape index (κ1) is 25.5. The fraction of sp³-hybridized carbons (Fsp3) is 0.440. The highest BCUT2D eigenvalue weighted by Gasteiger charge is 2.26. The van der Waals surface area contributed by atoms with Gasteiger partial charge in [-0.1, -0.05) is 49.2 Å². The fourth-order valence-corrected chi connectivity index (χ4v) is 3.56. The second-order valence-electron chi connectivity index (χ2n) is 7.62. The zero-order chi connectivity index (χ0) is 23.5. The van der Waals surface area contributed by atoms with Gasteiger partial charge in [0.25, 0.3) is 0 Å². The number of ether oxygens (including phenoxy) is 2. The number of nitrogens with one attached hydrogen (secondary N) is 1. The Morgan fingerprint density at radius 3 is 2.47 bits per heavy atom. The van der Waals surface area contributed by atoms with E-state index < -0.39 is 6.04 Å². The first-order chi connectivity index (χ1) is 15.4. The van der Waals surface area contributed by atoms with Crippen molar-refractivity contribution in [1.29, 1.82) is 0 Å². The zero-order valence-corrected chi connectivity index (χ0v) is 20.1. The van der Waals surface area contributed by atoms with Gasteiger partial charge in [-0.25, -0.2) is 0 Å². The molecule has 0 aliphatic carbocycles. The van der Waals surface area contributed by atoms with E-state index in [1.54, 1.807) is 32.1 Å². The summed E-state index contributed by atoms with van der Waals surface area (Å²) in [4.78, 5) is 27.5. The maximum Gasteiger partial charge on any atom is 0.242 e. The van der Waals surface area contributed by atoms with E-state index >= 15 is 0 Å². The van der Waals surface area contributed by atoms with Gasteiger partial charge >= 0.3 is 0 Å². The molecule has 2 rings (SSSR count). The third-order valence-corrected chi connectivity index (χ3v) is 5.74. The molecule has 0 radical (unpaired) electrons. The Balaban J connectivity index is 2.15. The number of amides is 2. The summed E-state index contributed by atoms with van der Waals surface area (Å²) in [7, 11) is 3.16. The molecule has 174 valence electrons. The molecule has 6 nitrogen and oxygen atoms in total. The lowest BCUT2D eigenvalue weighted by atomic mass is 10.1. The number of aryl methyl sites for hydroxylation is 1. The molecule has 0 fully saturated rings. The van der Waals surface area contributed by atoms with Crippen LogP contribution in [0.1, 0.15) is 44.2 Å². The summed E-state index contributed by atoms with van der Waals surface area (Å²) < 4.78 is 10.6. The standard InChI is InChI=1S/C25H33ClN2O4/c1-5-6-15-27-25(30)18(2)28(17-20-9-7-8-10-21(20)26)24(29)14-12-19-11-13-22(31-3)23(16-19)32-4/h7-11,13,16,18H,5-6,12,14-15,17H2,1-4H3,(H,27,30)/t18-/m1/s1. The van der Waals surface area contributed by atoms with E-state index in [9.17, 15) is 9.59 Å². The Labute approximate surface area is 195 Å². The summed E-state index contributed by atoms with van der Waals surface area (Å²) >= 11 is 6.33. The molecule has 1 atom stereocenters. The molecule has 32 heavy (non-hydrogen) atoms. The van der Waals surface area contributed by atoms with Gasteiger partial charge in [0.2, 0.25) is 11.8 Å². The van der Waals surface area contributed by atoms with Crippen molar-refractivity contribution in [1.82, 2.24) is 10.2 Å². The highest BCUT2D eigenvalue weighted by Crippen LogP contribution is 2.28. The van der Waals surface area contributed by atoms with Gasteiger partial charge in [0.15, 0.2) is 11.5 Å². The summed E-state index contributed by atoms with van der Waals surface area (Å²) in [5.74, 6) is 0.983. The molecule has 0 unspecified atom stereocenters. The number of rotatable bonds is 12. The van der Waals surface area contributed by atoms with Gasteiger partial charge in [0.05, 0.1) is 14.2 Å². The second kappa shape index (κ2) is 13.0. The van der Waals surface area contributed by atoms with Gasteiger partial charge in [0, 0.05) is 24.5 Å². The first-order valence-corrected chi connectivity index (χ1v) is 11.3. The van der Waals surface area contributed by atoms with Crippen molar-refractivity contribution in [3.8, 4) is 11.5 Å². The lowest BCUT2D eigenvalue weighted by Gasteiger charge is -2.29. The van der Waals surface area contributed by atoms with E-state index in [2.05, 4.69) is 12.2 Å². The maximum absolute atomic E-state index is 13.2. The Morgan fingerprint density at radius 2 is 1.81 bits per heavy atom. The van der Waals surface area contributed by atoms with E-state index in [0.717, 1.165) is 24.0 Å². The van der Waals surface area contributed by atoms with Crippen LogP contribution in [0.4, 0.5) is 0 Å². The van der Waals surface area contributed by atoms with Crippen LogP contribution in [0.5, 0.6) is 11.5 Å². The number of hydrogen-bond donors (Lipinski definition) is 1. The van der Waals surface area contributed by atoms with Crippen LogP contribution in [-0.2, 0) is 22.6 Å². The first-order valence-electron chi connectivity index (χ1n) is 10.9. The molecule has 0 saturated heterocycles. The summed E-state index contributed by atoms with van der Waals surface area (Å²) in [5, 5.41) is 3.50. The molecular weight excluding hydrogens is 428 g/mol. The van der Waals surface area contributed by atoms with Crippen molar-refractivity contribution in [2.75, 3.05) is 20.8 Å². The minimum atomic E-state index is -0.610. The largest absolute Gasteiger partial charge is 0.493 e. The van der Waals surface area contributed by atoms with Crippen LogP contribution in [-0.4, -0.2) is 43.5 Å². The minimum Gasteiger partial charge on any atom is -0.493 e. The van der Waals surface area contributed by atoms with E-state index in [-0.39, 0.29) is 24.8 Å². The monoisotopic (exact) mass is 460 g/mol. The molecule has 0 heterocycles. The molecule has 0 aliphatic heterocycles. The number of hydrogen-bond acceptors (Lipinski definition) is 4. The average molecular weight is 461 g/mol. The molecule has 7 heteroatoms. The summed E-state index contributed by atoms with van der Waals surface area (Å²) in [6.07, 6.45) is 2.66. The van der Waals surface area contributed by atoms with E-state index in [4.69, 9.17) is 21.1 Å². The number of unbranched alkanes of at least 4 members (excludes halogenated alkanes) is 1. The van der Waals surface area contributed by atoms with Crippen LogP contribution in [0.3, 0.4) is 0 Å². The predicted molar refractivity (Wildman–Crippen MR) is 127 cm³/mol. The van der Waals surface area contributed by atoms with Crippen molar-refractivity contribution >= 4 is 23.4 Å². The molecule has 1 N–H and O–H groups in total. The Morgan fingerprint density at radius 1 is 1.09 bits per heavy atom. The minimum absolute atomic E-state index is 0.113. The highest BCUT2D eigenvalue weighted by atomic mass is 35.5. The van der Waals surface area contributed by atoms with Crippen molar-refractivity contribution in [3.05, 3.63) is 58.6 Å². The lowest BCUT2D eigenvalue weighted by molar-refractivity contribution is -0.140. The maximum atomic E-state index is 13.2. The Kier molecular flexibility index (Phi) is 10.3. The third-order valence-electron chi connectivity index (χ3n) is 5.37. The van der Waals surface area contributed by atoms with Gasteiger partial charge in [-0.15, -0.1) is 0 Å². The molecule has 2 amide bonds. The zero-order valence-electron chi connectivity index (χ0n) is 19.3. The van der Waals surface area contributed by atoms with Crippen LogP contribution >= 0.6 is 11.6 Å². The smallest absolute Gasteiger partial charge is 0.242 e. The van der Waals surface area contributed by atoms with Crippen molar-refractivity contribution in [2.45, 2.75) is 52.1 Å². The van der Waals surface area contributed by atoms with Crippen LogP contribution < -0.4 is 14.8 Å². The number of halogens is 1. The van der Waals surface area contributed by atoms with Crippen molar-refractivity contribution < 1.29 is 19.1 Å². The van der Waals surface area contributed by atoms with Gasteiger partial charge < -0.3 is 19.7 Å². The van der Waals surface area contributed by atoms with Crippen LogP contribution in [0.25, 0.3) is 0 Å². The fourth-order valence-electron chi connectivity index (χ4n) is 3.36. The summed E-state index contributed by atoms with van der Waals surface area (Å²) in [6.45, 7) is 4.69. The third kappa shape index (κ3) is 7.16. The number of carbonyl (C=O) groups is 2. The topological polar surface area (TPSA) is 67.9 Å². The van der Waals surface area contributed by atoms with E-state index in [1.807, 2.05) is 36.4 Å². The van der Waals surface area contributed by atoms with Gasteiger partial charge in [-0.05, 0) is 49.1 Å². The lowest BCUT2D eigenvalue weighted by Crippen LogP contribution is -2.47. The van der Waals surface area contributed by atoms with Crippen molar-refractivity contribution in [3.63, 3.8) is 0 Å². The number of nitrogens with zero attached hydrogens (tertiary/aromatic N) is 1. The van der Waals surface area contributed by atoms with Crippen LogP contribution in [0.15, 0.2) is 42.5 Å². The predicted octanol–water partition coefficient (Wildman–Crippen LogP) is 4.62. The normalized spacial score (nSPS) is 11.5. The molecule has 2 aromatic carbocycles. The van der Waals surface area contributed by atoms with Crippen LogP contribution in [0.2, 0.25) is 5.02 Å². The molecule has 2 aromatic rings. The molecule has 0 saturated carbocycles. The summed E-state index contributed by atoms with van der Waals surface area (Å²) in [5.41, 5.74) is 1.76. The van der Waals surface area contributed by atoms with Gasteiger partial charge in [-0.2, -0.15) is 0 Å². The molecule has 0 bridgehead atoms. The Hall–Kier alpha value is -2.73. The SMILES string of the molecule is CCCCNC(=O)[C@@H](C)N(Cc1ccccc1Cl)C(=O)CCc1ccc(OC)c(OC)c1. The number of benzene rings is 2. The molecule has 0 spiro atoms. The van der Waals surface area contributed by atoms with Gasteiger partial charge in [-0.3, -0.25) is 9.59 Å². The van der Waals surface area contributed by atoms with E-state index in [0.29, 0.717) is 29.5 Å². The Bertz CT molecular complexity index is 903. The number of methoxy groups -OCH3 is 2. The van der Waals surface area contributed by atoms with Crippen molar-refractivity contribution in [2.24, 2.45) is 0 Å². The van der Waals surface area contributed by atoms with Gasteiger partial charge in [0.1, 0.15) is 6.04 Å². The van der Waals surface area contributed by atoms with E-state index in [1.165, 1.54) is 0 Å². The van der Waals surface area contributed by atoms with Crippen LogP contribution in [0, 0.1) is 0 Å². The summed E-state index contributed by atoms with van der Waals surface area (Å²) in [6, 6.07) is 12.4. The molecular formula is C25H33ClN2O4. The quantitative estimate of drug-likeness (QED) is 0.469. The average Bonchev–Trinajstić information content (AvgIpc) is 2.81. The second-order valence-corrected chi connectivity index (χ2v) is 8.03. The molecule has 0 aliphatic rings. The highest BCUT2D eigenvalue weighted by molar-refractivity contribution is 6.31. The molecule has 0 aromatic heterocycles.